The fourth-order valence-corrected chi connectivity index (χ4v) is 5.77. The zero-order valence-electron chi connectivity index (χ0n) is 17.1. The smallest absolute Gasteiger partial charge is 0.258 e. The molecule has 5 nitrogen and oxygen atoms in total. The summed E-state index contributed by atoms with van der Waals surface area (Å²) in [5.41, 5.74) is 2.24. The van der Waals surface area contributed by atoms with E-state index in [2.05, 4.69) is 15.9 Å². The number of anilines is 1. The fourth-order valence-electron chi connectivity index (χ4n) is 3.87. The zero-order chi connectivity index (χ0) is 21.2. The van der Waals surface area contributed by atoms with Gasteiger partial charge < -0.3 is 4.90 Å². The van der Waals surface area contributed by atoms with Gasteiger partial charge in [-0.1, -0.05) is 35.2 Å². The maximum absolute atomic E-state index is 13.0. The molecule has 0 unspecified atom stereocenters. The van der Waals surface area contributed by atoms with Crippen molar-refractivity contribution < 1.29 is 13.2 Å². The van der Waals surface area contributed by atoms with Gasteiger partial charge in [0.25, 0.3) is 5.91 Å². The van der Waals surface area contributed by atoms with E-state index in [1.165, 1.54) is 22.9 Å². The lowest BCUT2D eigenvalue weighted by Gasteiger charge is -2.30. The molecule has 3 rings (SSSR count). The van der Waals surface area contributed by atoms with Crippen molar-refractivity contribution >= 4 is 37.5 Å². The fraction of sp³-hybridized carbons (Fsp3) is 0.409. The van der Waals surface area contributed by atoms with Crippen molar-refractivity contribution in [1.29, 1.82) is 0 Å². The Labute approximate surface area is 181 Å². The van der Waals surface area contributed by atoms with Crippen LogP contribution < -0.4 is 4.90 Å². The Hall–Kier alpha value is -1.70. The van der Waals surface area contributed by atoms with Crippen LogP contribution in [0.25, 0.3) is 0 Å². The summed E-state index contributed by atoms with van der Waals surface area (Å²) >= 11 is 3.43. The molecule has 0 atom stereocenters. The predicted octanol–water partition coefficient (Wildman–Crippen LogP) is 4.99. The second-order valence-electron chi connectivity index (χ2n) is 7.63. The second kappa shape index (κ2) is 8.98. The molecule has 2 aromatic carbocycles. The number of halogens is 1. The molecule has 1 fully saturated rings. The Bertz CT molecular complexity index is 984. The quantitative estimate of drug-likeness (QED) is 0.608. The van der Waals surface area contributed by atoms with E-state index in [1.807, 2.05) is 25.1 Å². The minimum absolute atomic E-state index is 0.0570. The molecule has 156 valence electrons. The van der Waals surface area contributed by atoms with Crippen LogP contribution in [0.2, 0.25) is 0 Å². The Morgan fingerprint density at radius 2 is 1.62 bits per heavy atom. The number of sulfonamides is 1. The first kappa shape index (κ1) is 22.0. The Morgan fingerprint density at radius 1 is 1.00 bits per heavy atom. The van der Waals surface area contributed by atoms with E-state index in [4.69, 9.17) is 0 Å². The van der Waals surface area contributed by atoms with Crippen molar-refractivity contribution in [2.24, 2.45) is 0 Å². The summed E-state index contributed by atoms with van der Waals surface area (Å²) in [5.74, 6) is -0.181. The van der Waals surface area contributed by atoms with Crippen LogP contribution in [0.3, 0.4) is 0 Å². The minimum atomic E-state index is -3.56. The molecule has 1 saturated carbocycles. The van der Waals surface area contributed by atoms with Gasteiger partial charge in [-0.25, -0.2) is 8.42 Å². The van der Waals surface area contributed by atoms with Crippen LogP contribution in [0, 0.1) is 6.92 Å². The van der Waals surface area contributed by atoms with Gasteiger partial charge in [0.05, 0.1) is 4.90 Å². The van der Waals surface area contributed by atoms with Gasteiger partial charge in [-0.3, -0.25) is 4.79 Å². The summed E-state index contributed by atoms with van der Waals surface area (Å²) in [6.07, 6.45) is 5.12. The number of amides is 1. The minimum Gasteiger partial charge on any atom is -0.311 e. The SMILES string of the molecule is Cc1cc(Br)ccc1N(C)C(=O)c1ccc(S(=O)(=O)N(C)C2CCCCC2)cc1. The molecule has 1 aliphatic carbocycles. The molecule has 7 heteroatoms. The average Bonchev–Trinajstić information content (AvgIpc) is 2.73. The molecule has 0 radical (unpaired) electrons. The Kier molecular flexibility index (Phi) is 6.81. The molecule has 1 aliphatic rings. The van der Waals surface area contributed by atoms with Crippen LogP contribution in [-0.2, 0) is 10.0 Å². The highest BCUT2D eigenvalue weighted by molar-refractivity contribution is 9.10. The first-order valence-corrected chi connectivity index (χ1v) is 12.1. The van der Waals surface area contributed by atoms with Crippen LogP contribution in [0.1, 0.15) is 48.0 Å². The van der Waals surface area contributed by atoms with Crippen LogP contribution in [0.4, 0.5) is 5.69 Å². The van der Waals surface area contributed by atoms with Gasteiger partial charge >= 0.3 is 0 Å². The summed E-state index contributed by atoms with van der Waals surface area (Å²) in [6, 6.07) is 12.0. The third kappa shape index (κ3) is 4.73. The number of carbonyl (C=O) groups excluding carboxylic acids is 1. The maximum atomic E-state index is 13.0. The standard InChI is InChI=1S/C22H27BrN2O3S/c1-16-15-18(23)11-14-21(16)24(2)22(26)17-9-12-20(13-10-17)29(27,28)25(3)19-7-5-4-6-8-19/h9-15,19H,4-8H2,1-3H3. The molecular weight excluding hydrogens is 452 g/mol. The van der Waals surface area contributed by atoms with Crippen molar-refractivity contribution in [2.45, 2.75) is 50.0 Å². The predicted molar refractivity (Wildman–Crippen MR) is 120 cm³/mol. The molecule has 2 aromatic rings. The second-order valence-corrected chi connectivity index (χ2v) is 10.5. The summed E-state index contributed by atoms with van der Waals surface area (Å²) < 4.78 is 28.4. The van der Waals surface area contributed by atoms with Crippen molar-refractivity contribution in [3.05, 3.63) is 58.1 Å². The molecule has 0 bridgehead atoms. The van der Waals surface area contributed by atoms with E-state index in [-0.39, 0.29) is 16.8 Å². The van der Waals surface area contributed by atoms with E-state index in [0.717, 1.165) is 41.4 Å². The summed E-state index contributed by atoms with van der Waals surface area (Å²) in [7, 11) is -0.178. The molecule has 0 heterocycles. The van der Waals surface area contributed by atoms with Crippen molar-refractivity contribution in [1.82, 2.24) is 4.31 Å². The van der Waals surface area contributed by atoms with E-state index >= 15 is 0 Å². The highest BCUT2D eigenvalue weighted by Gasteiger charge is 2.29. The van der Waals surface area contributed by atoms with Gasteiger partial charge in [-0.05, 0) is 67.8 Å². The molecule has 29 heavy (non-hydrogen) atoms. The van der Waals surface area contributed by atoms with Gasteiger partial charge in [0.15, 0.2) is 0 Å². The molecule has 0 aliphatic heterocycles. The zero-order valence-corrected chi connectivity index (χ0v) is 19.5. The number of hydrogen-bond donors (Lipinski definition) is 0. The van der Waals surface area contributed by atoms with Crippen LogP contribution in [0.5, 0.6) is 0 Å². The number of rotatable bonds is 5. The number of benzene rings is 2. The van der Waals surface area contributed by atoms with Gasteiger partial charge in [-0.15, -0.1) is 0 Å². The first-order valence-electron chi connectivity index (χ1n) is 9.84. The highest BCUT2D eigenvalue weighted by atomic mass is 79.9. The first-order chi connectivity index (χ1) is 13.7. The van der Waals surface area contributed by atoms with Crippen molar-refractivity contribution in [3.63, 3.8) is 0 Å². The van der Waals surface area contributed by atoms with E-state index in [9.17, 15) is 13.2 Å². The third-order valence-corrected chi connectivity index (χ3v) is 8.11. The lowest BCUT2D eigenvalue weighted by Crippen LogP contribution is -2.38. The number of hydrogen-bond acceptors (Lipinski definition) is 3. The third-order valence-electron chi connectivity index (χ3n) is 5.69. The van der Waals surface area contributed by atoms with Gasteiger partial charge in [0.1, 0.15) is 0 Å². The Morgan fingerprint density at radius 3 is 2.21 bits per heavy atom. The Balaban J connectivity index is 1.79. The lowest BCUT2D eigenvalue weighted by molar-refractivity contribution is 0.0992. The molecule has 0 saturated heterocycles. The van der Waals surface area contributed by atoms with Crippen molar-refractivity contribution in [2.75, 3.05) is 19.0 Å². The van der Waals surface area contributed by atoms with E-state index in [1.54, 1.807) is 31.1 Å². The highest BCUT2D eigenvalue weighted by Crippen LogP contribution is 2.27. The normalized spacial score (nSPS) is 15.5. The van der Waals surface area contributed by atoms with Crippen LogP contribution >= 0.6 is 15.9 Å². The van der Waals surface area contributed by atoms with E-state index in [0.29, 0.717) is 5.56 Å². The van der Waals surface area contributed by atoms with Crippen molar-refractivity contribution in [3.8, 4) is 0 Å². The van der Waals surface area contributed by atoms with Gasteiger partial charge in [-0.2, -0.15) is 4.31 Å². The number of carbonyl (C=O) groups is 1. The number of aryl methyl sites for hydroxylation is 1. The molecule has 0 spiro atoms. The molecular formula is C22H27BrN2O3S. The number of nitrogens with zero attached hydrogens (tertiary/aromatic N) is 2. The monoisotopic (exact) mass is 478 g/mol. The summed E-state index contributed by atoms with van der Waals surface area (Å²) in [5, 5.41) is 0. The topological polar surface area (TPSA) is 57.7 Å². The molecule has 1 amide bonds. The molecule has 0 aromatic heterocycles. The van der Waals surface area contributed by atoms with E-state index < -0.39 is 10.0 Å². The lowest BCUT2D eigenvalue weighted by atomic mass is 9.96. The van der Waals surface area contributed by atoms with Crippen LogP contribution in [-0.4, -0.2) is 38.8 Å². The summed E-state index contributed by atoms with van der Waals surface area (Å²) in [4.78, 5) is 14.7. The average molecular weight is 479 g/mol. The maximum Gasteiger partial charge on any atom is 0.258 e. The largest absolute Gasteiger partial charge is 0.311 e. The van der Waals surface area contributed by atoms with Crippen LogP contribution in [0.15, 0.2) is 51.8 Å². The summed E-state index contributed by atoms with van der Waals surface area (Å²) in [6.45, 7) is 1.95. The van der Waals surface area contributed by atoms with Gasteiger partial charge in [0.2, 0.25) is 10.0 Å². The molecule has 0 N–H and O–H groups in total. The van der Waals surface area contributed by atoms with Gasteiger partial charge in [0, 0.05) is 35.9 Å².